The molecular formula is C19H19FN6O2S2. The van der Waals surface area contributed by atoms with Crippen LogP contribution in [-0.4, -0.2) is 32.2 Å². The third kappa shape index (κ3) is 4.85. The van der Waals surface area contributed by atoms with Gasteiger partial charge in [-0.15, -0.1) is 20.4 Å². The number of carbonyl (C=O) groups is 2. The smallest absolute Gasteiger partial charge is 0.260 e. The van der Waals surface area contributed by atoms with Crippen LogP contribution in [0.3, 0.4) is 0 Å². The van der Waals surface area contributed by atoms with Crippen molar-refractivity contribution in [2.24, 2.45) is 5.92 Å². The van der Waals surface area contributed by atoms with Crippen molar-refractivity contribution in [3.8, 4) is 0 Å². The maximum absolute atomic E-state index is 13.7. The second-order valence-corrected chi connectivity index (χ2v) is 9.21. The van der Waals surface area contributed by atoms with Gasteiger partial charge in [-0.2, -0.15) is 0 Å². The van der Waals surface area contributed by atoms with Crippen LogP contribution in [0.4, 0.5) is 14.7 Å². The standard InChI is InChI=1S/C19H19FN6O2S2/c1-10(27)21-18-26-24-17(30-18)12-7-6-11(8-12)9-15-23-25-19(29-15)22-16(28)13-4-2-3-5-14(13)20/h2-5,11-12H,6-9H2,1H3,(H,21,26,27)(H,22,25,28)/t11-,12+/m1/s1. The summed E-state index contributed by atoms with van der Waals surface area (Å²) in [7, 11) is 0. The number of amides is 2. The number of anilines is 2. The first-order valence-corrected chi connectivity index (χ1v) is 11.1. The summed E-state index contributed by atoms with van der Waals surface area (Å²) in [5.41, 5.74) is -0.0245. The largest absolute Gasteiger partial charge is 0.301 e. The molecule has 1 aliphatic carbocycles. The summed E-state index contributed by atoms with van der Waals surface area (Å²) in [5, 5.41) is 24.4. The van der Waals surface area contributed by atoms with Crippen LogP contribution in [0, 0.1) is 11.7 Å². The van der Waals surface area contributed by atoms with Gasteiger partial charge in [-0.3, -0.25) is 14.9 Å². The molecule has 30 heavy (non-hydrogen) atoms. The molecule has 0 saturated heterocycles. The summed E-state index contributed by atoms with van der Waals surface area (Å²) in [6, 6.07) is 5.81. The van der Waals surface area contributed by atoms with E-state index in [4.69, 9.17) is 0 Å². The van der Waals surface area contributed by atoms with Crippen LogP contribution in [0.2, 0.25) is 0 Å². The fourth-order valence-electron chi connectivity index (χ4n) is 3.53. The maximum atomic E-state index is 13.7. The van der Waals surface area contributed by atoms with Crippen molar-refractivity contribution in [3.63, 3.8) is 0 Å². The van der Waals surface area contributed by atoms with Gasteiger partial charge in [0.2, 0.25) is 16.2 Å². The number of hydrogen-bond acceptors (Lipinski definition) is 8. The predicted octanol–water partition coefficient (Wildman–Crippen LogP) is 3.87. The lowest BCUT2D eigenvalue weighted by Crippen LogP contribution is -2.13. The Morgan fingerprint density at radius 2 is 1.83 bits per heavy atom. The fourth-order valence-corrected chi connectivity index (χ4v) is 5.31. The number of carbonyl (C=O) groups excluding carboxylic acids is 2. The number of hydrogen-bond donors (Lipinski definition) is 2. The van der Waals surface area contributed by atoms with Gasteiger partial charge in [0.05, 0.1) is 5.56 Å². The minimum absolute atomic E-state index is 0.0245. The van der Waals surface area contributed by atoms with Crippen molar-refractivity contribution in [3.05, 3.63) is 45.7 Å². The van der Waals surface area contributed by atoms with E-state index in [1.54, 1.807) is 6.07 Å². The van der Waals surface area contributed by atoms with Crippen molar-refractivity contribution < 1.29 is 14.0 Å². The minimum atomic E-state index is -0.574. The fraction of sp³-hybridized carbons (Fsp3) is 0.368. The Kier molecular flexibility index (Phi) is 6.09. The summed E-state index contributed by atoms with van der Waals surface area (Å²) >= 11 is 2.73. The second-order valence-electron chi connectivity index (χ2n) is 7.14. The molecule has 1 saturated carbocycles. The monoisotopic (exact) mass is 446 g/mol. The van der Waals surface area contributed by atoms with Crippen LogP contribution in [0.15, 0.2) is 24.3 Å². The number of rotatable bonds is 6. The molecule has 2 N–H and O–H groups in total. The van der Waals surface area contributed by atoms with E-state index >= 15 is 0 Å². The molecule has 0 radical (unpaired) electrons. The van der Waals surface area contributed by atoms with Crippen molar-refractivity contribution in [1.82, 2.24) is 20.4 Å². The normalized spacial score (nSPS) is 18.3. The van der Waals surface area contributed by atoms with E-state index in [0.717, 1.165) is 35.7 Å². The lowest BCUT2D eigenvalue weighted by molar-refractivity contribution is -0.114. The van der Waals surface area contributed by atoms with Crippen LogP contribution in [0.1, 0.15) is 52.5 Å². The number of benzene rings is 1. The van der Waals surface area contributed by atoms with E-state index in [0.29, 0.717) is 22.1 Å². The van der Waals surface area contributed by atoms with Gasteiger partial charge in [0.15, 0.2) is 0 Å². The molecule has 1 aliphatic rings. The highest BCUT2D eigenvalue weighted by Gasteiger charge is 2.29. The Labute approximate surface area is 180 Å². The first-order chi connectivity index (χ1) is 14.5. The highest BCUT2D eigenvalue weighted by Crippen LogP contribution is 2.41. The van der Waals surface area contributed by atoms with Crippen LogP contribution >= 0.6 is 22.7 Å². The molecule has 0 spiro atoms. The Balaban J connectivity index is 1.32. The zero-order valence-corrected chi connectivity index (χ0v) is 17.7. The molecule has 4 rings (SSSR count). The molecule has 2 heterocycles. The second kappa shape index (κ2) is 8.92. The van der Waals surface area contributed by atoms with Gasteiger partial charge in [-0.25, -0.2) is 4.39 Å². The molecule has 0 aliphatic heterocycles. The Morgan fingerprint density at radius 3 is 2.63 bits per heavy atom. The van der Waals surface area contributed by atoms with Crippen molar-refractivity contribution in [2.75, 3.05) is 10.6 Å². The van der Waals surface area contributed by atoms with E-state index in [1.165, 1.54) is 47.8 Å². The van der Waals surface area contributed by atoms with Crippen molar-refractivity contribution in [1.29, 1.82) is 0 Å². The zero-order chi connectivity index (χ0) is 21.1. The highest BCUT2D eigenvalue weighted by atomic mass is 32.1. The lowest BCUT2D eigenvalue weighted by atomic mass is 10.0. The van der Waals surface area contributed by atoms with E-state index in [-0.39, 0.29) is 11.5 Å². The Hall–Kier alpha value is -2.79. The number of halogens is 1. The Morgan fingerprint density at radius 1 is 1.07 bits per heavy atom. The molecule has 0 unspecified atom stereocenters. The first kappa shape index (κ1) is 20.5. The predicted molar refractivity (Wildman–Crippen MR) is 112 cm³/mol. The molecular weight excluding hydrogens is 427 g/mol. The van der Waals surface area contributed by atoms with Crippen LogP contribution < -0.4 is 10.6 Å². The summed E-state index contributed by atoms with van der Waals surface area (Å²) in [6.45, 7) is 1.45. The van der Waals surface area contributed by atoms with Gasteiger partial charge < -0.3 is 5.32 Å². The summed E-state index contributed by atoms with van der Waals surface area (Å²) in [6.07, 6.45) is 3.78. The first-order valence-electron chi connectivity index (χ1n) is 9.47. The molecule has 1 fully saturated rings. The molecule has 2 atom stereocenters. The average molecular weight is 447 g/mol. The summed E-state index contributed by atoms with van der Waals surface area (Å²) in [4.78, 5) is 23.3. The third-order valence-electron chi connectivity index (χ3n) is 4.88. The third-order valence-corrected chi connectivity index (χ3v) is 6.75. The van der Waals surface area contributed by atoms with Crippen molar-refractivity contribution in [2.45, 2.75) is 38.5 Å². The van der Waals surface area contributed by atoms with Gasteiger partial charge in [0.1, 0.15) is 15.8 Å². The summed E-state index contributed by atoms with van der Waals surface area (Å²) < 4.78 is 13.7. The van der Waals surface area contributed by atoms with E-state index in [1.807, 2.05) is 0 Å². The number of nitrogens with one attached hydrogen (secondary N) is 2. The molecule has 0 bridgehead atoms. The molecule has 156 valence electrons. The quantitative estimate of drug-likeness (QED) is 0.595. The van der Waals surface area contributed by atoms with Gasteiger partial charge in [0.25, 0.3) is 5.91 Å². The van der Waals surface area contributed by atoms with Crippen LogP contribution in [0.5, 0.6) is 0 Å². The maximum Gasteiger partial charge on any atom is 0.260 e. The summed E-state index contributed by atoms with van der Waals surface area (Å²) in [5.74, 6) is -0.511. The van der Waals surface area contributed by atoms with Crippen molar-refractivity contribution >= 4 is 44.8 Å². The molecule has 3 aromatic rings. The van der Waals surface area contributed by atoms with Gasteiger partial charge in [0, 0.05) is 19.3 Å². The molecule has 11 heteroatoms. The van der Waals surface area contributed by atoms with Crippen LogP contribution in [-0.2, 0) is 11.2 Å². The average Bonchev–Trinajstić information content (AvgIpc) is 3.44. The topological polar surface area (TPSA) is 110 Å². The van der Waals surface area contributed by atoms with E-state index in [2.05, 4.69) is 31.0 Å². The van der Waals surface area contributed by atoms with E-state index in [9.17, 15) is 14.0 Å². The molecule has 2 aromatic heterocycles. The number of aromatic nitrogens is 4. The van der Waals surface area contributed by atoms with E-state index < -0.39 is 11.7 Å². The highest BCUT2D eigenvalue weighted by molar-refractivity contribution is 7.15. The van der Waals surface area contributed by atoms with Gasteiger partial charge >= 0.3 is 0 Å². The molecule has 2 amide bonds. The number of nitrogens with zero attached hydrogens (tertiary/aromatic N) is 4. The zero-order valence-electron chi connectivity index (χ0n) is 16.1. The van der Waals surface area contributed by atoms with Crippen LogP contribution in [0.25, 0.3) is 0 Å². The molecule has 1 aromatic carbocycles. The van der Waals surface area contributed by atoms with Gasteiger partial charge in [-0.05, 0) is 37.3 Å². The minimum Gasteiger partial charge on any atom is -0.301 e. The SMILES string of the molecule is CC(=O)Nc1nnc([C@H]2CC[C@@H](Cc3nnc(NC(=O)c4ccccc4F)s3)C2)s1. The lowest BCUT2D eigenvalue weighted by Gasteiger charge is -2.06. The molecule has 8 nitrogen and oxygen atoms in total. The van der Waals surface area contributed by atoms with Gasteiger partial charge in [-0.1, -0.05) is 34.8 Å². The Bertz CT molecular complexity index is 1070.